The first-order valence-electron chi connectivity index (χ1n) is 17.4. The van der Waals surface area contributed by atoms with Crippen molar-refractivity contribution in [1.29, 1.82) is 0 Å². The second-order valence-electron chi connectivity index (χ2n) is 13.3. The van der Waals surface area contributed by atoms with Crippen LogP contribution in [0.15, 0.2) is 152 Å². The third-order valence-electron chi connectivity index (χ3n) is 10.4. The first-order chi connectivity index (χ1) is 24.3. The fraction of sp³-hybridized carbons (Fsp3) is 0.0851. The van der Waals surface area contributed by atoms with Gasteiger partial charge in [0, 0.05) is 16.2 Å². The molecule has 0 unspecified atom stereocenters. The van der Waals surface area contributed by atoms with E-state index in [0.29, 0.717) is 0 Å². The molecule has 0 amide bonds. The first kappa shape index (κ1) is 28.1. The molecule has 0 saturated carbocycles. The highest BCUT2D eigenvalue weighted by atomic mass is 15.1. The molecule has 6 aromatic carbocycles. The minimum absolute atomic E-state index is 0.936. The normalized spacial score (nSPS) is 14.2. The average molecular weight is 627 g/mol. The minimum Gasteiger partial charge on any atom is -0.294 e. The molecule has 232 valence electrons. The number of pyridine rings is 1. The van der Waals surface area contributed by atoms with Gasteiger partial charge in [-0.3, -0.25) is 4.57 Å². The van der Waals surface area contributed by atoms with Crippen molar-refractivity contribution in [2.75, 3.05) is 0 Å². The predicted octanol–water partition coefficient (Wildman–Crippen LogP) is 12.5. The standard InChI is InChI=1S/C47H34N2/c1-3-13-31(14-4-1)35-25-26-40-44(28-35)49(45-29-41(33-16-5-2-6-17-33)37-19-9-10-21-39(37)47(40)45)46-30-42(38-20-11-12-22-43(38)48-46)36-24-23-32-15-7-8-18-34(32)27-36/h2-3,5-7,9-17,19-30H,1,4,8,18H2. The third kappa shape index (κ3) is 4.59. The van der Waals surface area contributed by atoms with Crippen LogP contribution in [0.25, 0.3) is 83.2 Å². The number of hydrogen-bond donors (Lipinski definition) is 0. The van der Waals surface area contributed by atoms with Crippen LogP contribution in [-0.2, 0) is 6.42 Å². The van der Waals surface area contributed by atoms with Crippen LogP contribution in [0.3, 0.4) is 0 Å². The Morgan fingerprint density at radius 1 is 0.510 bits per heavy atom. The van der Waals surface area contributed by atoms with Crippen LogP contribution in [0.1, 0.15) is 36.0 Å². The van der Waals surface area contributed by atoms with Gasteiger partial charge < -0.3 is 0 Å². The number of fused-ring (bicyclic) bond motifs is 7. The monoisotopic (exact) mass is 626 g/mol. The number of nitrogens with zero attached hydrogens (tertiary/aromatic N) is 2. The molecule has 2 nitrogen and oxygen atoms in total. The summed E-state index contributed by atoms with van der Waals surface area (Å²) < 4.78 is 2.43. The maximum Gasteiger partial charge on any atom is 0.138 e. The van der Waals surface area contributed by atoms with E-state index in [2.05, 4.69) is 162 Å². The van der Waals surface area contributed by atoms with Crippen LogP contribution in [0, 0.1) is 0 Å². The van der Waals surface area contributed by atoms with Crippen molar-refractivity contribution in [3.05, 3.63) is 168 Å². The molecule has 0 radical (unpaired) electrons. The zero-order chi connectivity index (χ0) is 32.3. The molecule has 0 aliphatic heterocycles. The summed E-state index contributed by atoms with van der Waals surface area (Å²) in [6, 6.07) is 47.0. The van der Waals surface area contributed by atoms with E-state index in [1.165, 1.54) is 82.5 Å². The molecule has 0 spiro atoms. The molecule has 0 N–H and O–H groups in total. The van der Waals surface area contributed by atoms with Gasteiger partial charge >= 0.3 is 0 Å². The molecule has 0 atom stereocenters. The Morgan fingerprint density at radius 2 is 1.29 bits per heavy atom. The number of aryl methyl sites for hydroxylation is 1. The van der Waals surface area contributed by atoms with Crippen LogP contribution in [-0.4, -0.2) is 9.55 Å². The van der Waals surface area contributed by atoms with Gasteiger partial charge in [-0.15, -0.1) is 0 Å². The quantitative estimate of drug-likeness (QED) is 0.190. The van der Waals surface area contributed by atoms with E-state index in [1.807, 2.05) is 0 Å². The van der Waals surface area contributed by atoms with Gasteiger partial charge in [-0.2, -0.15) is 0 Å². The Morgan fingerprint density at radius 3 is 2.16 bits per heavy atom. The summed E-state index contributed by atoms with van der Waals surface area (Å²) >= 11 is 0. The molecule has 0 saturated heterocycles. The molecular formula is C47H34N2. The van der Waals surface area contributed by atoms with E-state index in [4.69, 9.17) is 4.98 Å². The van der Waals surface area contributed by atoms with Gasteiger partial charge in [-0.05, 0) is 105 Å². The lowest BCUT2D eigenvalue weighted by molar-refractivity contribution is 0.986. The second kappa shape index (κ2) is 11.3. The number of aromatic nitrogens is 2. The molecule has 2 heterocycles. The van der Waals surface area contributed by atoms with Crippen LogP contribution in [0.2, 0.25) is 0 Å². The highest BCUT2D eigenvalue weighted by molar-refractivity contribution is 6.24. The Balaban J connectivity index is 1.33. The summed E-state index contributed by atoms with van der Waals surface area (Å²) in [7, 11) is 0. The van der Waals surface area contributed by atoms with E-state index >= 15 is 0 Å². The zero-order valence-electron chi connectivity index (χ0n) is 27.2. The van der Waals surface area contributed by atoms with Crippen LogP contribution >= 0.6 is 0 Å². The number of benzene rings is 6. The number of allylic oxidation sites excluding steroid dienone is 5. The van der Waals surface area contributed by atoms with E-state index in [0.717, 1.165) is 37.0 Å². The van der Waals surface area contributed by atoms with Crippen molar-refractivity contribution in [2.45, 2.75) is 25.7 Å². The molecule has 2 aliphatic carbocycles. The van der Waals surface area contributed by atoms with Crippen molar-refractivity contribution in [3.8, 4) is 28.1 Å². The maximum atomic E-state index is 5.44. The molecule has 10 rings (SSSR count). The summed E-state index contributed by atoms with van der Waals surface area (Å²) in [4.78, 5) is 5.44. The molecule has 49 heavy (non-hydrogen) atoms. The lowest BCUT2D eigenvalue weighted by Gasteiger charge is -2.16. The number of rotatable bonds is 4. The zero-order valence-corrected chi connectivity index (χ0v) is 27.2. The number of hydrogen-bond acceptors (Lipinski definition) is 1. The summed E-state index contributed by atoms with van der Waals surface area (Å²) in [5.74, 6) is 0.936. The summed E-state index contributed by atoms with van der Waals surface area (Å²) in [6.45, 7) is 0. The average Bonchev–Trinajstić information content (AvgIpc) is 3.51. The van der Waals surface area contributed by atoms with Crippen molar-refractivity contribution in [2.24, 2.45) is 0 Å². The van der Waals surface area contributed by atoms with Crippen LogP contribution in [0.5, 0.6) is 0 Å². The fourth-order valence-electron chi connectivity index (χ4n) is 8.10. The van der Waals surface area contributed by atoms with Crippen molar-refractivity contribution in [1.82, 2.24) is 9.55 Å². The predicted molar refractivity (Wildman–Crippen MR) is 208 cm³/mol. The summed E-state index contributed by atoms with van der Waals surface area (Å²) in [5, 5.41) is 6.20. The lowest BCUT2D eigenvalue weighted by Crippen LogP contribution is -2.01. The molecule has 8 aromatic rings. The van der Waals surface area contributed by atoms with Gasteiger partial charge in [0.25, 0.3) is 0 Å². The number of para-hydroxylation sites is 1. The second-order valence-corrected chi connectivity index (χ2v) is 13.3. The third-order valence-corrected chi connectivity index (χ3v) is 10.4. The molecule has 0 bridgehead atoms. The lowest BCUT2D eigenvalue weighted by atomic mass is 9.92. The van der Waals surface area contributed by atoms with Gasteiger partial charge in [0.2, 0.25) is 0 Å². The van der Waals surface area contributed by atoms with Crippen molar-refractivity contribution >= 4 is 55.1 Å². The molecule has 0 fully saturated rings. The van der Waals surface area contributed by atoms with E-state index in [-0.39, 0.29) is 0 Å². The smallest absolute Gasteiger partial charge is 0.138 e. The highest BCUT2D eigenvalue weighted by Crippen LogP contribution is 2.43. The van der Waals surface area contributed by atoms with Crippen LogP contribution < -0.4 is 0 Å². The topological polar surface area (TPSA) is 17.8 Å². The van der Waals surface area contributed by atoms with Gasteiger partial charge in [0.15, 0.2) is 0 Å². The van der Waals surface area contributed by atoms with E-state index < -0.39 is 0 Å². The maximum absolute atomic E-state index is 5.44. The Hall–Kier alpha value is -5.99. The minimum atomic E-state index is 0.936. The van der Waals surface area contributed by atoms with Gasteiger partial charge in [-0.25, -0.2) is 4.98 Å². The largest absolute Gasteiger partial charge is 0.294 e. The van der Waals surface area contributed by atoms with E-state index in [1.54, 1.807) is 0 Å². The van der Waals surface area contributed by atoms with Gasteiger partial charge in [0.1, 0.15) is 5.82 Å². The first-order valence-corrected chi connectivity index (χ1v) is 17.4. The Bertz CT molecular complexity index is 2700. The molecule has 2 aromatic heterocycles. The fourth-order valence-corrected chi connectivity index (χ4v) is 8.10. The van der Waals surface area contributed by atoms with Gasteiger partial charge in [-0.1, -0.05) is 134 Å². The Labute approximate surface area is 286 Å². The SMILES string of the molecule is C1=CC(c2ccc3c4c5ccccc5c(-c5ccccc5)cc4n(-c4cc(-c5ccc6c(c5)CCC=C6)c5ccccc5n4)c3c2)=CCC1. The highest BCUT2D eigenvalue weighted by Gasteiger charge is 2.21. The molecule has 2 aliphatic rings. The Kier molecular flexibility index (Phi) is 6.48. The summed E-state index contributed by atoms with van der Waals surface area (Å²) in [5.41, 5.74) is 13.5. The van der Waals surface area contributed by atoms with Gasteiger partial charge in [0.05, 0.1) is 16.6 Å². The van der Waals surface area contributed by atoms with Crippen molar-refractivity contribution < 1.29 is 0 Å². The van der Waals surface area contributed by atoms with Crippen molar-refractivity contribution in [3.63, 3.8) is 0 Å². The van der Waals surface area contributed by atoms with E-state index in [9.17, 15) is 0 Å². The van der Waals surface area contributed by atoms with Crippen LogP contribution in [0.4, 0.5) is 0 Å². The molecular weight excluding hydrogens is 593 g/mol. The summed E-state index contributed by atoms with van der Waals surface area (Å²) in [6.07, 6.45) is 15.8. The molecule has 2 heteroatoms.